The zero-order chi connectivity index (χ0) is 20.2. The average molecular weight is 393 g/mol. The van der Waals surface area contributed by atoms with Crippen molar-refractivity contribution in [3.63, 3.8) is 0 Å². The Morgan fingerprint density at radius 1 is 1.14 bits per heavy atom. The molecule has 1 fully saturated rings. The van der Waals surface area contributed by atoms with Crippen molar-refractivity contribution in [2.75, 3.05) is 32.1 Å². The van der Waals surface area contributed by atoms with E-state index >= 15 is 0 Å². The maximum Gasteiger partial charge on any atom is 0.291 e. The van der Waals surface area contributed by atoms with E-state index < -0.39 is 0 Å². The number of benzene rings is 1. The zero-order valence-corrected chi connectivity index (χ0v) is 16.5. The second-order valence-electron chi connectivity index (χ2n) is 7.10. The highest BCUT2D eigenvalue weighted by Crippen LogP contribution is 2.39. The first-order valence-electron chi connectivity index (χ1n) is 9.58. The third-order valence-electron chi connectivity index (χ3n) is 4.70. The van der Waals surface area contributed by atoms with Crippen molar-refractivity contribution in [2.45, 2.75) is 18.8 Å². The molecule has 0 N–H and O–H groups in total. The maximum atomic E-state index is 12.5. The lowest BCUT2D eigenvalue weighted by Crippen LogP contribution is -2.35. The first-order valence-corrected chi connectivity index (χ1v) is 9.58. The van der Waals surface area contributed by atoms with Gasteiger partial charge in [-0.05, 0) is 25.0 Å². The molecule has 4 rings (SSSR count). The summed E-state index contributed by atoms with van der Waals surface area (Å²) in [6.45, 7) is 1.04. The molecule has 0 unspecified atom stereocenters. The van der Waals surface area contributed by atoms with Crippen molar-refractivity contribution in [3.05, 3.63) is 60.4 Å². The normalized spacial score (nSPS) is 13.2. The molecule has 2 heterocycles. The lowest BCUT2D eigenvalue weighted by atomic mass is 10.3. The highest BCUT2D eigenvalue weighted by atomic mass is 16.5. The van der Waals surface area contributed by atoms with Crippen LogP contribution in [0.2, 0.25) is 0 Å². The van der Waals surface area contributed by atoms with Gasteiger partial charge in [0.05, 0.1) is 6.20 Å². The molecule has 1 aromatic carbocycles. The van der Waals surface area contributed by atoms with Gasteiger partial charge in [-0.15, -0.1) is 0 Å². The van der Waals surface area contributed by atoms with Gasteiger partial charge in [-0.2, -0.15) is 4.98 Å². The average Bonchev–Trinajstić information content (AvgIpc) is 3.49. The molecule has 0 spiro atoms. The number of ether oxygens (including phenoxy) is 1. The van der Waals surface area contributed by atoms with E-state index in [1.165, 1.54) is 6.20 Å². The van der Waals surface area contributed by atoms with Crippen LogP contribution >= 0.6 is 0 Å². The molecule has 8 nitrogen and oxygen atoms in total. The van der Waals surface area contributed by atoms with Crippen LogP contribution in [0.15, 0.2) is 53.2 Å². The predicted molar refractivity (Wildman–Crippen MR) is 107 cm³/mol. The van der Waals surface area contributed by atoms with Crippen LogP contribution in [0.5, 0.6) is 11.6 Å². The van der Waals surface area contributed by atoms with Gasteiger partial charge in [-0.3, -0.25) is 4.79 Å². The van der Waals surface area contributed by atoms with E-state index in [1.54, 1.807) is 24.2 Å². The standard InChI is InChI=1S/C21H23N5O3/c1-25(20(27)17-14-23-19(29-17)15-8-9-15)12-13-26(2)21-22-11-10-18(24-21)28-16-6-4-3-5-7-16/h3-7,10-11,14-15H,8-9,12-13H2,1-2H3. The Morgan fingerprint density at radius 2 is 1.93 bits per heavy atom. The summed E-state index contributed by atoms with van der Waals surface area (Å²) in [6.07, 6.45) is 5.34. The second kappa shape index (κ2) is 8.30. The molecular formula is C21H23N5O3. The number of aromatic nitrogens is 3. The van der Waals surface area contributed by atoms with Crippen molar-refractivity contribution in [3.8, 4) is 11.6 Å². The number of carbonyl (C=O) groups is 1. The lowest BCUT2D eigenvalue weighted by Gasteiger charge is -2.21. The molecule has 0 saturated heterocycles. The van der Waals surface area contributed by atoms with Crippen molar-refractivity contribution >= 4 is 11.9 Å². The Balaban J connectivity index is 1.33. The molecule has 0 bridgehead atoms. The molecule has 150 valence electrons. The van der Waals surface area contributed by atoms with Crippen LogP contribution in [0.4, 0.5) is 5.95 Å². The fourth-order valence-electron chi connectivity index (χ4n) is 2.78. The minimum atomic E-state index is -0.181. The topological polar surface area (TPSA) is 84.6 Å². The lowest BCUT2D eigenvalue weighted by molar-refractivity contribution is 0.0765. The molecule has 0 radical (unpaired) electrons. The highest BCUT2D eigenvalue weighted by Gasteiger charge is 2.30. The third-order valence-corrected chi connectivity index (χ3v) is 4.70. The summed E-state index contributed by atoms with van der Waals surface area (Å²) in [5.74, 6) is 2.86. The third kappa shape index (κ3) is 4.71. The summed E-state index contributed by atoms with van der Waals surface area (Å²) in [4.78, 5) is 29.0. The van der Waals surface area contributed by atoms with Gasteiger partial charge in [0.1, 0.15) is 5.75 Å². The minimum absolute atomic E-state index is 0.181. The van der Waals surface area contributed by atoms with Crippen molar-refractivity contribution < 1.29 is 13.9 Å². The molecule has 2 aromatic heterocycles. The van der Waals surface area contributed by atoms with Gasteiger partial charge in [0, 0.05) is 45.4 Å². The van der Waals surface area contributed by atoms with Gasteiger partial charge in [-0.1, -0.05) is 18.2 Å². The predicted octanol–water partition coefficient (Wildman–Crippen LogP) is 3.34. The van der Waals surface area contributed by atoms with Crippen LogP contribution in [0, 0.1) is 0 Å². The van der Waals surface area contributed by atoms with Crippen molar-refractivity contribution in [2.24, 2.45) is 0 Å². The van der Waals surface area contributed by atoms with Crippen LogP contribution in [0.3, 0.4) is 0 Å². The number of hydrogen-bond acceptors (Lipinski definition) is 7. The van der Waals surface area contributed by atoms with Gasteiger partial charge in [0.25, 0.3) is 5.91 Å². The van der Waals surface area contributed by atoms with E-state index in [9.17, 15) is 4.79 Å². The Kier molecular flexibility index (Phi) is 5.41. The van der Waals surface area contributed by atoms with Gasteiger partial charge < -0.3 is 19.0 Å². The van der Waals surface area contributed by atoms with Crippen LogP contribution in [-0.4, -0.2) is 52.9 Å². The Bertz CT molecular complexity index is 971. The molecular weight excluding hydrogens is 370 g/mol. The maximum absolute atomic E-state index is 12.5. The van der Waals surface area contributed by atoms with E-state index in [2.05, 4.69) is 15.0 Å². The summed E-state index contributed by atoms with van der Waals surface area (Å²) in [5, 5.41) is 0. The molecule has 0 aliphatic heterocycles. The summed E-state index contributed by atoms with van der Waals surface area (Å²) in [6, 6.07) is 11.2. The SMILES string of the molecule is CN(CCN(C)c1nccc(Oc2ccccc2)n1)C(=O)c1cnc(C2CC2)o1. The summed E-state index contributed by atoms with van der Waals surface area (Å²) in [5.41, 5.74) is 0. The Hall–Kier alpha value is -3.42. The van der Waals surface area contributed by atoms with Gasteiger partial charge in [0.15, 0.2) is 5.89 Å². The van der Waals surface area contributed by atoms with Crippen LogP contribution in [0.1, 0.15) is 35.2 Å². The molecule has 0 atom stereocenters. The number of rotatable bonds is 8. The Labute approximate surface area is 169 Å². The zero-order valence-electron chi connectivity index (χ0n) is 16.5. The van der Waals surface area contributed by atoms with E-state index in [0.717, 1.165) is 12.8 Å². The van der Waals surface area contributed by atoms with Crippen LogP contribution in [0.25, 0.3) is 0 Å². The molecule has 8 heteroatoms. The van der Waals surface area contributed by atoms with Crippen molar-refractivity contribution in [1.82, 2.24) is 19.9 Å². The fraction of sp³-hybridized carbons (Fsp3) is 0.333. The number of anilines is 1. The number of nitrogens with zero attached hydrogens (tertiary/aromatic N) is 5. The molecule has 29 heavy (non-hydrogen) atoms. The smallest absolute Gasteiger partial charge is 0.291 e. The minimum Gasteiger partial charge on any atom is -0.439 e. The largest absolute Gasteiger partial charge is 0.439 e. The monoisotopic (exact) mass is 393 g/mol. The van der Waals surface area contributed by atoms with Crippen molar-refractivity contribution in [1.29, 1.82) is 0 Å². The number of hydrogen-bond donors (Lipinski definition) is 0. The molecule has 1 aliphatic rings. The van der Waals surface area contributed by atoms with Gasteiger partial charge >= 0.3 is 0 Å². The van der Waals surface area contributed by atoms with Crippen LogP contribution < -0.4 is 9.64 Å². The van der Waals surface area contributed by atoms with E-state index in [1.807, 2.05) is 42.3 Å². The molecule has 1 saturated carbocycles. The van der Waals surface area contributed by atoms with E-state index in [0.29, 0.717) is 42.5 Å². The Morgan fingerprint density at radius 3 is 2.69 bits per heavy atom. The number of likely N-dealkylation sites (N-methyl/N-ethyl adjacent to an activating group) is 2. The molecule has 1 amide bonds. The van der Waals surface area contributed by atoms with Gasteiger partial charge in [0.2, 0.25) is 17.6 Å². The van der Waals surface area contributed by atoms with E-state index in [-0.39, 0.29) is 11.7 Å². The summed E-state index contributed by atoms with van der Waals surface area (Å²) in [7, 11) is 3.62. The van der Waals surface area contributed by atoms with Gasteiger partial charge in [-0.25, -0.2) is 9.97 Å². The number of amides is 1. The van der Waals surface area contributed by atoms with Crippen LogP contribution in [-0.2, 0) is 0 Å². The first-order chi connectivity index (χ1) is 14.1. The number of carbonyl (C=O) groups excluding carboxylic acids is 1. The number of para-hydroxylation sites is 1. The molecule has 1 aliphatic carbocycles. The highest BCUT2D eigenvalue weighted by molar-refractivity contribution is 5.91. The number of oxazole rings is 1. The first kappa shape index (κ1) is 18.9. The van der Waals surface area contributed by atoms with E-state index in [4.69, 9.17) is 9.15 Å². The second-order valence-corrected chi connectivity index (χ2v) is 7.10. The quantitative estimate of drug-likeness (QED) is 0.580. The fourth-order valence-corrected chi connectivity index (χ4v) is 2.78. The molecule has 3 aromatic rings. The summed E-state index contributed by atoms with van der Waals surface area (Å²) >= 11 is 0. The summed E-state index contributed by atoms with van der Waals surface area (Å²) < 4.78 is 11.4.